The molecule has 9 heteroatoms. The normalized spacial score (nSPS) is 17.7. The molecular formula is C23H25FN2O6. The predicted octanol–water partition coefficient (Wildman–Crippen LogP) is 2.38. The molecule has 1 aliphatic heterocycles. The predicted molar refractivity (Wildman–Crippen MR) is 113 cm³/mol. The van der Waals surface area contributed by atoms with Crippen molar-refractivity contribution in [2.75, 3.05) is 33.9 Å². The first kappa shape index (κ1) is 23.2. The zero-order valence-corrected chi connectivity index (χ0v) is 17.9. The number of nitrogens with one attached hydrogen (secondary N) is 1. The average molecular weight is 444 g/mol. The molecule has 0 radical (unpaired) electrons. The highest BCUT2D eigenvalue weighted by molar-refractivity contribution is 5.97. The van der Waals surface area contributed by atoms with Crippen molar-refractivity contribution in [3.63, 3.8) is 0 Å². The fourth-order valence-electron chi connectivity index (χ4n) is 3.59. The number of amides is 2. The Hall–Kier alpha value is -3.46. The molecule has 32 heavy (non-hydrogen) atoms. The molecule has 0 bridgehead atoms. The summed E-state index contributed by atoms with van der Waals surface area (Å²) in [5, 5.41) is 2.58. The van der Waals surface area contributed by atoms with Crippen molar-refractivity contribution in [2.45, 2.75) is 12.5 Å². The minimum absolute atomic E-state index is 0.0254. The molecule has 2 aromatic carbocycles. The van der Waals surface area contributed by atoms with Gasteiger partial charge in [0.15, 0.2) is 0 Å². The van der Waals surface area contributed by atoms with Crippen LogP contribution in [0, 0.1) is 11.7 Å². The lowest BCUT2D eigenvalue weighted by molar-refractivity contribution is -0.150. The van der Waals surface area contributed by atoms with Gasteiger partial charge in [0, 0.05) is 25.1 Å². The van der Waals surface area contributed by atoms with Gasteiger partial charge in [0.1, 0.15) is 23.4 Å². The summed E-state index contributed by atoms with van der Waals surface area (Å²) in [6, 6.07) is 11.2. The van der Waals surface area contributed by atoms with Crippen molar-refractivity contribution in [3.8, 4) is 11.5 Å². The van der Waals surface area contributed by atoms with Crippen LogP contribution in [0.5, 0.6) is 11.5 Å². The second kappa shape index (κ2) is 10.7. The van der Waals surface area contributed by atoms with Crippen LogP contribution in [0.1, 0.15) is 16.8 Å². The zero-order chi connectivity index (χ0) is 23.1. The number of esters is 1. The van der Waals surface area contributed by atoms with Crippen LogP contribution in [0.3, 0.4) is 0 Å². The van der Waals surface area contributed by atoms with Crippen LogP contribution in [0.15, 0.2) is 48.5 Å². The van der Waals surface area contributed by atoms with Crippen LogP contribution in [0.2, 0.25) is 0 Å². The fraction of sp³-hybridized carbons (Fsp3) is 0.348. The molecular weight excluding hydrogens is 419 g/mol. The number of carbonyl (C=O) groups is 3. The Morgan fingerprint density at radius 1 is 1.03 bits per heavy atom. The molecule has 0 saturated carbocycles. The van der Waals surface area contributed by atoms with Gasteiger partial charge in [0.05, 0.1) is 20.3 Å². The van der Waals surface area contributed by atoms with E-state index in [0.717, 1.165) is 0 Å². The van der Waals surface area contributed by atoms with Gasteiger partial charge in [-0.25, -0.2) is 9.18 Å². The van der Waals surface area contributed by atoms with Crippen molar-refractivity contribution in [3.05, 3.63) is 59.9 Å². The Morgan fingerprint density at radius 2 is 1.66 bits per heavy atom. The number of methoxy groups -OCH3 is 2. The number of hydrogen-bond acceptors (Lipinski definition) is 6. The smallest absolute Gasteiger partial charge is 0.328 e. The van der Waals surface area contributed by atoms with Gasteiger partial charge in [0.25, 0.3) is 5.91 Å². The molecule has 2 atom stereocenters. The van der Waals surface area contributed by atoms with E-state index in [-0.39, 0.29) is 24.2 Å². The third kappa shape index (κ3) is 5.82. The Labute approximate surface area is 185 Å². The summed E-state index contributed by atoms with van der Waals surface area (Å²) in [5.74, 6) is -0.687. The first-order chi connectivity index (χ1) is 15.4. The number of carbonyl (C=O) groups excluding carboxylic acids is 3. The fourth-order valence-corrected chi connectivity index (χ4v) is 3.59. The van der Waals surface area contributed by atoms with Crippen molar-refractivity contribution < 1.29 is 33.0 Å². The van der Waals surface area contributed by atoms with Crippen molar-refractivity contribution in [2.24, 2.45) is 5.92 Å². The van der Waals surface area contributed by atoms with E-state index < -0.39 is 17.9 Å². The van der Waals surface area contributed by atoms with Crippen LogP contribution >= 0.6 is 0 Å². The number of nitrogens with zero attached hydrogens (tertiary/aromatic N) is 1. The van der Waals surface area contributed by atoms with E-state index in [0.29, 0.717) is 36.6 Å². The lowest BCUT2D eigenvalue weighted by Gasteiger charge is -2.22. The molecule has 2 amide bonds. The maximum atomic E-state index is 13.0. The second-order valence-corrected chi connectivity index (χ2v) is 7.41. The third-order valence-electron chi connectivity index (χ3n) is 5.15. The van der Waals surface area contributed by atoms with Crippen LogP contribution in [0.25, 0.3) is 0 Å². The molecule has 0 spiro atoms. The van der Waals surface area contributed by atoms with Gasteiger partial charge < -0.3 is 24.4 Å². The summed E-state index contributed by atoms with van der Waals surface area (Å²) in [6.07, 6.45) is 0.454. The summed E-state index contributed by atoms with van der Waals surface area (Å²) >= 11 is 0. The highest BCUT2D eigenvalue weighted by Gasteiger charge is 2.40. The van der Waals surface area contributed by atoms with E-state index in [4.69, 9.17) is 14.2 Å². The summed E-state index contributed by atoms with van der Waals surface area (Å²) < 4.78 is 28.5. The first-order valence-electron chi connectivity index (χ1n) is 10.1. The number of rotatable bonds is 8. The van der Waals surface area contributed by atoms with Gasteiger partial charge in [-0.05, 0) is 55.0 Å². The molecule has 1 heterocycles. The number of likely N-dealkylation sites (tertiary alicyclic amines) is 1. The van der Waals surface area contributed by atoms with Crippen LogP contribution in [-0.4, -0.2) is 62.6 Å². The molecule has 1 aliphatic rings. The largest absolute Gasteiger partial charge is 0.467 e. The van der Waals surface area contributed by atoms with Gasteiger partial charge in [-0.3, -0.25) is 9.59 Å². The number of halogens is 1. The molecule has 1 fully saturated rings. The summed E-state index contributed by atoms with van der Waals surface area (Å²) in [5.41, 5.74) is 0.340. The summed E-state index contributed by atoms with van der Waals surface area (Å²) in [7, 11) is 2.84. The highest BCUT2D eigenvalue weighted by atomic mass is 19.1. The monoisotopic (exact) mass is 444 g/mol. The first-order valence-corrected chi connectivity index (χ1v) is 10.1. The molecule has 8 nitrogen and oxygen atoms in total. The lowest BCUT2D eigenvalue weighted by atomic mass is 10.1. The maximum absolute atomic E-state index is 13.0. The Bertz CT molecular complexity index is 948. The molecule has 0 unspecified atom stereocenters. The number of ether oxygens (including phenoxy) is 3. The summed E-state index contributed by atoms with van der Waals surface area (Å²) in [4.78, 5) is 38.6. The van der Waals surface area contributed by atoms with Crippen molar-refractivity contribution in [1.82, 2.24) is 10.2 Å². The van der Waals surface area contributed by atoms with E-state index in [1.54, 1.807) is 31.4 Å². The lowest BCUT2D eigenvalue weighted by Crippen LogP contribution is -2.46. The van der Waals surface area contributed by atoms with Crippen molar-refractivity contribution in [1.29, 1.82) is 0 Å². The minimum Gasteiger partial charge on any atom is -0.467 e. The topological polar surface area (TPSA) is 94.2 Å². The van der Waals surface area contributed by atoms with E-state index in [2.05, 4.69) is 5.32 Å². The summed E-state index contributed by atoms with van der Waals surface area (Å²) in [6.45, 7) is 0.535. The molecule has 1 N–H and O–H groups in total. The van der Waals surface area contributed by atoms with Gasteiger partial charge in [-0.15, -0.1) is 0 Å². The van der Waals surface area contributed by atoms with Gasteiger partial charge >= 0.3 is 5.97 Å². The number of hydrogen-bond donors (Lipinski definition) is 1. The van der Waals surface area contributed by atoms with Gasteiger partial charge in [-0.1, -0.05) is 0 Å². The minimum atomic E-state index is -0.688. The zero-order valence-electron chi connectivity index (χ0n) is 17.9. The molecule has 2 aromatic rings. The Kier molecular flexibility index (Phi) is 7.77. The highest BCUT2D eigenvalue weighted by Crippen LogP contribution is 2.25. The van der Waals surface area contributed by atoms with E-state index >= 15 is 0 Å². The van der Waals surface area contributed by atoms with E-state index in [1.165, 1.54) is 36.3 Å². The van der Waals surface area contributed by atoms with Crippen molar-refractivity contribution >= 4 is 17.8 Å². The second-order valence-electron chi connectivity index (χ2n) is 7.41. The molecule has 3 rings (SSSR count). The van der Waals surface area contributed by atoms with E-state index in [1.807, 2.05) is 0 Å². The number of benzene rings is 2. The molecule has 170 valence electrons. The van der Waals surface area contributed by atoms with Gasteiger partial charge in [-0.2, -0.15) is 0 Å². The Morgan fingerprint density at radius 3 is 2.25 bits per heavy atom. The Balaban J connectivity index is 1.55. The van der Waals surface area contributed by atoms with Crippen LogP contribution in [-0.2, 0) is 19.1 Å². The third-order valence-corrected chi connectivity index (χ3v) is 5.15. The molecule has 0 aromatic heterocycles. The average Bonchev–Trinajstić information content (AvgIpc) is 3.23. The van der Waals surface area contributed by atoms with Gasteiger partial charge in [0.2, 0.25) is 5.91 Å². The van der Waals surface area contributed by atoms with Crippen LogP contribution < -0.4 is 10.1 Å². The quantitative estimate of drug-likeness (QED) is 0.629. The van der Waals surface area contributed by atoms with Crippen LogP contribution in [0.4, 0.5) is 4.39 Å². The van der Waals surface area contributed by atoms with E-state index in [9.17, 15) is 18.8 Å². The molecule has 1 saturated heterocycles. The standard InChI is InChI=1S/C23H25FN2O6/c1-30-14-15-11-20(23(29)31-2)26(13-15)21(27)12-25-22(28)16-3-7-18(8-4-16)32-19-9-5-17(24)6-10-19/h3-10,15,20H,11-14H2,1-2H3,(H,25,28)/t15-,20-/m0/s1. The maximum Gasteiger partial charge on any atom is 0.328 e. The molecule has 0 aliphatic carbocycles. The SMILES string of the molecule is COC[C@H]1C[C@@H](C(=O)OC)N(C(=O)CNC(=O)c2ccc(Oc3ccc(F)cc3)cc2)C1.